The molecule has 74 valence electrons. The fourth-order valence-corrected chi connectivity index (χ4v) is 0.880. The standard InChI is InChI=1S/C9H8ClNO3/c1-7(10)6-14-9-4-2-8(3-5-9)11(12)13/h2-5H,1,6H2. The van der Waals surface area contributed by atoms with Crippen LogP contribution >= 0.6 is 11.6 Å². The van der Waals surface area contributed by atoms with Crippen LogP contribution in [0.3, 0.4) is 0 Å². The highest BCUT2D eigenvalue weighted by Crippen LogP contribution is 2.17. The third-order valence-electron chi connectivity index (χ3n) is 1.44. The summed E-state index contributed by atoms with van der Waals surface area (Å²) in [5.41, 5.74) is 0.0297. The van der Waals surface area contributed by atoms with Crippen LogP contribution in [-0.2, 0) is 0 Å². The zero-order valence-electron chi connectivity index (χ0n) is 7.27. The van der Waals surface area contributed by atoms with Gasteiger partial charge in [-0.2, -0.15) is 0 Å². The highest BCUT2D eigenvalue weighted by molar-refractivity contribution is 6.29. The molecule has 0 spiro atoms. The van der Waals surface area contributed by atoms with Gasteiger partial charge in [0.05, 0.1) is 4.92 Å². The number of nitro groups is 1. The van der Waals surface area contributed by atoms with Gasteiger partial charge in [-0.1, -0.05) is 18.2 Å². The molecule has 0 N–H and O–H groups in total. The molecule has 0 unspecified atom stereocenters. The van der Waals surface area contributed by atoms with Crippen LogP contribution in [0.15, 0.2) is 35.9 Å². The van der Waals surface area contributed by atoms with Crippen molar-refractivity contribution in [3.8, 4) is 5.75 Å². The van der Waals surface area contributed by atoms with Gasteiger partial charge in [0.25, 0.3) is 5.69 Å². The van der Waals surface area contributed by atoms with Gasteiger partial charge in [0, 0.05) is 17.2 Å². The fourth-order valence-electron chi connectivity index (χ4n) is 0.826. The number of hydrogen-bond donors (Lipinski definition) is 0. The van der Waals surface area contributed by atoms with E-state index in [4.69, 9.17) is 16.3 Å². The Morgan fingerprint density at radius 1 is 1.50 bits per heavy atom. The van der Waals surface area contributed by atoms with Crippen molar-refractivity contribution >= 4 is 17.3 Å². The Bertz CT molecular complexity index is 348. The van der Waals surface area contributed by atoms with Gasteiger partial charge >= 0.3 is 0 Å². The molecule has 14 heavy (non-hydrogen) atoms. The van der Waals surface area contributed by atoms with Crippen LogP contribution in [0.25, 0.3) is 0 Å². The van der Waals surface area contributed by atoms with E-state index in [1.807, 2.05) is 0 Å². The zero-order chi connectivity index (χ0) is 10.6. The predicted octanol–water partition coefficient (Wildman–Crippen LogP) is 2.73. The molecule has 0 bridgehead atoms. The lowest BCUT2D eigenvalue weighted by molar-refractivity contribution is -0.384. The summed E-state index contributed by atoms with van der Waals surface area (Å²) in [4.78, 5) is 9.84. The molecule has 5 heteroatoms. The van der Waals surface area contributed by atoms with E-state index < -0.39 is 4.92 Å². The molecule has 0 aliphatic rings. The third-order valence-corrected chi connectivity index (χ3v) is 1.55. The minimum absolute atomic E-state index is 0.0297. The van der Waals surface area contributed by atoms with Crippen LogP contribution in [0.2, 0.25) is 0 Å². The molecule has 0 heterocycles. The van der Waals surface area contributed by atoms with Gasteiger partial charge in [-0.25, -0.2) is 0 Å². The first kappa shape index (κ1) is 10.5. The molecule has 0 atom stereocenters. The second kappa shape index (κ2) is 4.62. The van der Waals surface area contributed by atoms with E-state index >= 15 is 0 Å². The van der Waals surface area contributed by atoms with Gasteiger partial charge in [0.2, 0.25) is 0 Å². The highest BCUT2D eigenvalue weighted by atomic mass is 35.5. The first-order chi connectivity index (χ1) is 6.59. The number of nitrogens with zero attached hydrogens (tertiary/aromatic N) is 1. The molecular formula is C9H8ClNO3. The summed E-state index contributed by atoms with van der Waals surface area (Å²) >= 11 is 5.48. The molecule has 0 radical (unpaired) electrons. The van der Waals surface area contributed by atoms with Crippen LogP contribution < -0.4 is 4.74 Å². The van der Waals surface area contributed by atoms with Crippen molar-refractivity contribution < 1.29 is 9.66 Å². The molecule has 0 aliphatic heterocycles. The van der Waals surface area contributed by atoms with E-state index in [0.717, 1.165) is 0 Å². The van der Waals surface area contributed by atoms with Crippen LogP contribution in [0, 0.1) is 10.1 Å². The van der Waals surface area contributed by atoms with Gasteiger partial charge in [0.15, 0.2) is 0 Å². The fraction of sp³-hybridized carbons (Fsp3) is 0.111. The summed E-state index contributed by atoms with van der Waals surface area (Å²) in [5.74, 6) is 0.525. The highest BCUT2D eigenvalue weighted by Gasteiger charge is 2.03. The molecule has 1 aromatic carbocycles. The van der Waals surface area contributed by atoms with Crippen molar-refractivity contribution in [2.75, 3.05) is 6.61 Å². The summed E-state index contributed by atoms with van der Waals surface area (Å²) in [7, 11) is 0. The Balaban J connectivity index is 2.64. The van der Waals surface area contributed by atoms with E-state index in [9.17, 15) is 10.1 Å². The van der Waals surface area contributed by atoms with Gasteiger partial charge in [-0.3, -0.25) is 10.1 Å². The SMILES string of the molecule is C=C(Cl)COc1ccc([N+](=O)[O-])cc1. The molecule has 1 aromatic rings. The van der Waals surface area contributed by atoms with Gasteiger partial charge < -0.3 is 4.74 Å². The monoisotopic (exact) mass is 213 g/mol. The molecule has 0 saturated heterocycles. The van der Waals surface area contributed by atoms with E-state index in [2.05, 4.69) is 6.58 Å². The Kier molecular flexibility index (Phi) is 3.48. The number of hydrogen-bond acceptors (Lipinski definition) is 3. The van der Waals surface area contributed by atoms with Crippen LogP contribution in [-0.4, -0.2) is 11.5 Å². The normalized spacial score (nSPS) is 9.50. The van der Waals surface area contributed by atoms with Crippen LogP contribution in [0.1, 0.15) is 0 Å². The largest absolute Gasteiger partial charge is 0.488 e. The predicted molar refractivity (Wildman–Crippen MR) is 53.6 cm³/mol. The number of halogens is 1. The van der Waals surface area contributed by atoms with Crippen LogP contribution in [0.5, 0.6) is 5.75 Å². The average molecular weight is 214 g/mol. The topological polar surface area (TPSA) is 52.4 Å². The summed E-state index contributed by atoms with van der Waals surface area (Å²) < 4.78 is 5.15. The van der Waals surface area contributed by atoms with Crippen molar-refractivity contribution in [2.24, 2.45) is 0 Å². The van der Waals surface area contributed by atoms with Crippen molar-refractivity contribution in [3.63, 3.8) is 0 Å². The lowest BCUT2D eigenvalue weighted by Crippen LogP contribution is -1.96. The van der Waals surface area contributed by atoms with Crippen molar-refractivity contribution in [1.29, 1.82) is 0 Å². The van der Waals surface area contributed by atoms with Crippen LogP contribution in [0.4, 0.5) is 5.69 Å². The number of ether oxygens (including phenoxy) is 1. The molecule has 0 saturated carbocycles. The number of benzene rings is 1. The molecule has 0 aliphatic carbocycles. The Morgan fingerprint density at radius 2 is 2.07 bits per heavy atom. The number of nitro benzene ring substituents is 1. The smallest absolute Gasteiger partial charge is 0.269 e. The summed E-state index contributed by atoms with van der Waals surface area (Å²) in [5, 5.41) is 10.7. The lowest BCUT2D eigenvalue weighted by Gasteiger charge is -2.03. The molecule has 1 rings (SSSR count). The maximum Gasteiger partial charge on any atom is 0.269 e. The van der Waals surface area contributed by atoms with Crippen molar-refractivity contribution in [1.82, 2.24) is 0 Å². The first-order valence-corrected chi connectivity index (χ1v) is 4.18. The Morgan fingerprint density at radius 3 is 2.50 bits per heavy atom. The molecular weight excluding hydrogens is 206 g/mol. The molecule has 0 aromatic heterocycles. The van der Waals surface area contributed by atoms with E-state index in [-0.39, 0.29) is 12.3 Å². The summed E-state index contributed by atoms with van der Waals surface area (Å²) in [6.45, 7) is 3.64. The quantitative estimate of drug-likeness (QED) is 0.571. The molecule has 0 fully saturated rings. The van der Waals surface area contributed by atoms with Gasteiger partial charge in [-0.15, -0.1) is 0 Å². The summed E-state index contributed by atoms with van der Waals surface area (Å²) in [6, 6.07) is 5.76. The summed E-state index contributed by atoms with van der Waals surface area (Å²) in [6.07, 6.45) is 0. The molecule has 4 nitrogen and oxygen atoms in total. The van der Waals surface area contributed by atoms with E-state index in [0.29, 0.717) is 10.8 Å². The number of rotatable bonds is 4. The van der Waals surface area contributed by atoms with Gasteiger partial charge in [-0.05, 0) is 12.1 Å². The minimum atomic E-state index is -0.468. The minimum Gasteiger partial charge on any atom is -0.488 e. The molecule has 0 amide bonds. The Labute approximate surface area is 85.9 Å². The first-order valence-electron chi connectivity index (χ1n) is 3.80. The van der Waals surface area contributed by atoms with Crippen molar-refractivity contribution in [2.45, 2.75) is 0 Å². The second-order valence-electron chi connectivity index (χ2n) is 2.56. The second-order valence-corrected chi connectivity index (χ2v) is 3.09. The van der Waals surface area contributed by atoms with E-state index in [1.54, 1.807) is 0 Å². The zero-order valence-corrected chi connectivity index (χ0v) is 8.03. The third kappa shape index (κ3) is 3.06. The van der Waals surface area contributed by atoms with E-state index in [1.165, 1.54) is 24.3 Å². The number of non-ortho nitro benzene ring substituents is 1. The van der Waals surface area contributed by atoms with Gasteiger partial charge in [0.1, 0.15) is 12.4 Å². The maximum atomic E-state index is 10.3. The van der Waals surface area contributed by atoms with Crippen molar-refractivity contribution in [3.05, 3.63) is 46.0 Å². The Hall–Kier alpha value is -1.55. The lowest BCUT2D eigenvalue weighted by atomic mass is 10.3. The average Bonchev–Trinajstić information content (AvgIpc) is 2.15. The maximum absolute atomic E-state index is 10.3.